The van der Waals surface area contributed by atoms with E-state index in [0.29, 0.717) is 16.0 Å². The van der Waals surface area contributed by atoms with Gasteiger partial charge in [-0.1, -0.05) is 11.3 Å². The predicted molar refractivity (Wildman–Crippen MR) is 52.0 cm³/mol. The van der Waals surface area contributed by atoms with E-state index in [9.17, 15) is 0 Å². The molecule has 66 valence electrons. The minimum Gasteiger partial charge on any atom is -0.383 e. The van der Waals surface area contributed by atoms with E-state index >= 15 is 0 Å². The second-order valence-corrected chi connectivity index (χ2v) is 3.39. The maximum absolute atomic E-state index is 5.65. The van der Waals surface area contributed by atoms with E-state index in [1.807, 2.05) is 6.07 Å². The normalized spacial score (nSPS) is 10.2. The van der Waals surface area contributed by atoms with Crippen molar-refractivity contribution >= 4 is 22.3 Å². The number of hydrogen-bond acceptors (Lipinski definition) is 6. The first-order valence-electron chi connectivity index (χ1n) is 3.57. The molecule has 2 aromatic rings. The summed E-state index contributed by atoms with van der Waals surface area (Å²) in [5.74, 6) is 0.443. The van der Waals surface area contributed by atoms with Crippen LogP contribution >= 0.6 is 11.3 Å². The third kappa shape index (κ3) is 1.43. The number of nitrogen functional groups attached to an aromatic ring is 2. The summed E-state index contributed by atoms with van der Waals surface area (Å²) >= 11 is 1.29. The van der Waals surface area contributed by atoms with E-state index in [2.05, 4.69) is 15.2 Å². The van der Waals surface area contributed by atoms with Gasteiger partial charge in [-0.2, -0.15) is 0 Å². The molecule has 0 aromatic carbocycles. The zero-order chi connectivity index (χ0) is 9.26. The summed E-state index contributed by atoms with van der Waals surface area (Å²) < 4.78 is 0. The van der Waals surface area contributed by atoms with Gasteiger partial charge in [-0.15, -0.1) is 10.2 Å². The third-order valence-corrected chi connectivity index (χ3v) is 2.30. The van der Waals surface area contributed by atoms with Crippen molar-refractivity contribution in [2.45, 2.75) is 0 Å². The Bertz CT molecular complexity index is 424. The van der Waals surface area contributed by atoms with E-state index in [1.165, 1.54) is 11.3 Å². The molecule has 13 heavy (non-hydrogen) atoms. The summed E-state index contributed by atoms with van der Waals surface area (Å²) in [6.07, 6.45) is 1.63. The van der Waals surface area contributed by atoms with Gasteiger partial charge >= 0.3 is 0 Å². The smallest absolute Gasteiger partial charge is 0.203 e. The van der Waals surface area contributed by atoms with Crippen molar-refractivity contribution in [1.29, 1.82) is 0 Å². The van der Waals surface area contributed by atoms with Crippen LogP contribution in [0, 0.1) is 0 Å². The van der Waals surface area contributed by atoms with Crippen molar-refractivity contribution in [2.24, 2.45) is 0 Å². The Balaban J connectivity index is 2.52. The minimum absolute atomic E-state index is 0.429. The van der Waals surface area contributed by atoms with Crippen molar-refractivity contribution in [3.63, 3.8) is 0 Å². The highest BCUT2D eigenvalue weighted by Crippen LogP contribution is 2.27. The zero-order valence-corrected chi connectivity index (χ0v) is 7.45. The fraction of sp³-hybridized carbons (Fsp3) is 0. The Morgan fingerprint density at radius 2 is 2.08 bits per heavy atom. The minimum atomic E-state index is 0.429. The average Bonchev–Trinajstić information content (AvgIpc) is 2.53. The van der Waals surface area contributed by atoms with E-state index in [1.54, 1.807) is 12.3 Å². The highest BCUT2D eigenvalue weighted by molar-refractivity contribution is 7.18. The van der Waals surface area contributed by atoms with Crippen LogP contribution in [0.5, 0.6) is 0 Å². The van der Waals surface area contributed by atoms with Crippen LogP contribution in [-0.2, 0) is 0 Å². The largest absolute Gasteiger partial charge is 0.383 e. The molecule has 0 spiro atoms. The van der Waals surface area contributed by atoms with E-state index in [0.717, 1.165) is 5.56 Å². The molecule has 2 aromatic heterocycles. The second-order valence-electron chi connectivity index (χ2n) is 2.38. The molecule has 0 saturated heterocycles. The van der Waals surface area contributed by atoms with Crippen LogP contribution < -0.4 is 11.5 Å². The summed E-state index contributed by atoms with van der Waals surface area (Å²) in [6.45, 7) is 0. The molecule has 5 nitrogen and oxygen atoms in total. The first-order chi connectivity index (χ1) is 6.27. The highest BCUT2D eigenvalue weighted by Gasteiger charge is 2.07. The molecule has 0 aliphatic rings. The Kier molecular flexibility index (Phi) is 1.82. The van der Waals surface area contributed by atoms with Gasteiger partial charge in [0.15, 0.2) is 5.01 Å². The fourth-order valence-electron chi connectivity index (χ4n) is 0.942. The molecule has 2 heterocycles. The summed E-state index contributed by atoms with van der Waals surface area (Å²) in [7, 11) is 0. The van der Waals surface area contributed by atoms with Crippen molar-refractivity contribution in [2.75, 3.05) is 11.5 Å². The van der Waals surface area contributed by atoms with Crippen LogP contribution in [0.25, 0.3) is 10.6 Å². The van der Waals surface area contributed by atoms with Crippen molar-refractivity contribution < 1.29 is 0 Å². The van der Waals surface area contributed by atoms with Crippen molar-refractivity contribution in [3.8, 4) is 10.6 Å². The molecule has 0 aliphatic heterocycles. The summed E-state index contributed by atoms with van der Waals surface area (Å²) in [5.41, 5.74) is 11.9. The fourth-order valence-corrected chi connectivity index (χ4v) is 1.59. The lowest BCUT2D eigenvalue weighted by molar-refractivity contribution is 1.10. The van der Waals surface area contributed by atoms with Gasteiger partial charge in [-0.3, -0.25) is 0 Å². The summed E-state index contributed by atoms with van der Waals surface area (Å²) in [6, 6.07) is 3.63. The van der Waals surface area contributed by atoms with Crippen LogP contribution in [0.15, 0.2) is 18.3 Å². The predicted octanol–water partition coefficient (Wildman–Crippen LogP) is 0.764. The molecule has 0 bridgehead atoms. The Labute approximate surface area is 78.4 Å². The maximum Gasteiger partial charge on any atom is 0.203 e. The van der Waals surface area contributed by atoms with Gasteiger partial charge < -0.3 is 11.5 Å². The van der Waals surface area contributed by atoms with Crippen LogP contribution in [0.3, 0.4) is 0 Å². The molecule has 0 amide bonds. The molecule has 6 heteroatoms. The second kappa shape index (κ2) is 2.98. The molecule has 0 unspecified atom stereocenters. The van der Waals surface area contributed by atoms with Crippen LogP contribution in [-0.4, -0.2) is 15.2 Å². The lowest BCUT2D eigenvalue weighted by atomic mass is 10.3. The number of nitrogens with two attached hydrogens (primary N) is 2. The van der Waals surface area contributed by atoms with Crippen molar-refractivity contribution in [1.82, 2.24) is 15.2 Å². The first kappa shape index (κ1) is 7.93. The SMILES string of the molecule is Nc1nnc(-c2cccnc2N)s1. The Hall–Kier alpha value is -1.69. The van der Waals surface area contributed by atoms with E-state index < -0.39 is 0 Å². The quantitative estimate of drug-likeness (QED) is 0.697. The molecule has 2 rings (SSSR count). The third-order valence-electron chi connectivity index (χ3n) is 1.51. The van der Waals surface area contributed by atoms with Crippen LogP contribution in [0.1, 0.15) is 0 Å². The van der Waals surface area contributed by atoms with E-state index in [4.69, 9.17) is 11.5 Å². The molecule has 4 N–H and O–H groups in total. The first-order valence-corrected chi connectivity index (χ1v) is 4.39. The molecular weight excluding hydrogens is 186 g/mol. The van der Waals surface area contributed by atoms with Gasteiger partial charge in [0.05, 0.1) is 5.56 Å². The number of nitrogens with zero attached hydrogens (tertiary/aromatic N) is 3. The topological polar surface area (TPSA) is 90.7 Å². The van der Waals surface area contributed by atoms with Gasteiger partial charge in [0.25, 0.3) is 0 Å². The number of aromatic nitrogens is 3. The highest BCUT2D eigenvalue weighted by atomic mass is 32.1. The maximum atomic E-state index is 5.65. The number of rotatable bonds is 1. The number of hydrogen-bond donors (Lipinski definition) is 2. The standard InChI is InChI=1S/C7H7N5S/c8-5-4(2-1-3-10-5)6-11-12-7(9)13-6/h1-3H,(H2,8,10)(H2,9,12). The van der Waals surface area contributed by atoms with Crippen molar-refractivity contribution in [3.05, 3.63) is 18.3 Å². The zero-order valence-electron chi connectivity index (χ0n) is 6.64. The van der Waals surface area contributed by atoms with Gasteiger partial charge in [0.2, 0.25) is 5.13 Å². The number of anilines is 2. The summed E-state index contributed by atoms with van der Waals surface area (Å²) in [5, 5.41) is 8.69. The molecule has 0 atom stereocenters. The lowest BCUT2D eigenvalue weighted by Crippen LogP contribution is -1.92. The Morgan fingerprint density at radius 3 is 2.69 bits per heavy atom. The van der Waals surface area contributed by atoms with E-state index in [-0.39, 0.29) is 0 Å². The molecule has 0 saturated carbocycles. The molecule has 0 fully saturated rings. The molecule has 0 aliphatic carbocycles. The van der Waals surface area contributed by atoms with Crippen LogP contribution in [0.2, 0.25) is 0 Å². The van der Waals surface area contributed by atoms with Gasteiger partial charge in [0.1, 0.15) is 5.82 Å². The van der Waals surface area contributed by atoms with Crippen LogP contribution in [0.4, 0.5) is 10.9 Å². The summed E-state index contributed by atoms with van der Waals surface area (Å²) in [4.78, 5) is 3.94. The van der Waals surface area contributed by atoms with Gasteiger partial charge in [0, 0.05) is 6.20 Å². The molecule has 0 radical (unpaired) electrons. The molecular formula is C7H7N5S. The average molecular weight is 193 g/mol. The monoisotopic (exact) mass is 193 g/mol. The Morgan fingerprint density at radius 1 is 1.23 bits per heavy atom. The number of pyridine rings is 1. The van der Waals surface area contributed by atoms with Gasteiger partial charge in [-0.05, 0) is 12.1 Å². The van der Waals surface area contributed by atoms with Gasteiger partial charge in [-0.25, -0.2) is 4.98 Å². The lowest BCUT2D eigenvalue weighted by Gasteiger charge is -1.97.